The third-order valence-corrected chi connectivity index (χ3v) is 17.9. The first-order chi connectivity index (χ1) is 32.7. The van der Waals surface area contributed by atoms with E-state index in [9.17, 15) is 0 Å². The highest BCUT2D eigenvalue weighted by atomic mass is 14.4. The molecule has 0 unspecified atom stereocenters. The summed E-state index contributed by atoms with van der Waals surface area (Å²) in [5.74, 6) is 0. The Bertz CT molecular complexity index is 2920. The van der Waals surface area contributed by atoms with Crippen molar-refractivity contribution in [3.8, 4) is 44.5 Å². The smallest absolute Gasteiger partial charge is 0.00264 e. The average Bonchev–Trinajstić information content (AvgIpc) is 3.37. The Morgan fingerprint density at radius 3 is 0.485 bits per heavy atom. The lowest BCUT2D eigenvalue weighted by molar-refractivity contribution is 0.873. The van der Waals surface area contributed by atoms with Gasteiger partial charge in [-0.3, -0.25) is 0 Å². The fraction of sp³-hybridized carbons (Fsp3) is 0.242. The van der Waals surface area contributed by atoms with Gasteiger partial charge in [-0.2, -0.15) is 0 Å². The van der Waals surface area contributed by atoms with Gasteiger partial charge in [-0.1, -0.05) is 121 Å². The molecule has 0 saturated heterocycles. The zero-order valence-corrected chi connectivity index (χ0v) is 37.9. The lowest BCUT2D eigenvalue weighted by atomic mass is 9.70. The number of benzene rings is 8. The average molecular weight is 845 g/mol. The van der Waals surface area contributed by atoms with Crippen molar-refractivity contribution in [1.82, 2.24) is 0 Å². The number of hydrogen-bond donors (Lipinski definition) is 0. The maximum absolute atomic E-state index is 2.69. The van der Waals surface area contributed by atoms with E-state index in [-0.39, 0.29) is 0 Å². The van der Waals surface area contributed by atoms with Crippen molar-refractivity contribution in [3.63, 3.8) is 0 Å². The Labute approximate surface area is 389 Å². The van der Waals surface area contributed by atoms with Crippen molar-refractivity contribution in [2.24, 2.45) is 0 Å². The van der Waals surface area contributed by atoms with Crippen LogP contribution in [0.4, 0.5) is 0 Å². The van der Waals surface area contributed by atoms with Crippen molar-refractivity contribution in [2.45, 2.75) is 103 Å². The second kappa shape index (κ2) is 13.5. The molecule has 0 aromatic heterocycles. The molecule has 0 amide bonds. The first kappa shape index (κ1) is 36.7. The maximum atomic E-state index is 2.69. The summed E-state index contributed by atoms with van der Waals surface area (Å²) in [6, 6.07) is 50.0. The fourth-order valence-electron chi connectivity index (χ4n) is 15.1. The van der Waals surface area contributed by atoms with Gasteiger partial charge in [0.1, 0.15) is 0 Å². The maximum Gasteiger partial charge on any atom is -0.00264 e. The highest BCUT2D eigenvalue weighted by Crippen LogP contribution is 2.52. The van der Waals surface area contributed by atoms with Crippen LogP contribution >= 0.6 is 0 Å². The molecule has 0 heterocycles. The topological polar surface area (TPSA) is 0 Å². The highest BCUT2D eigenvalue weighted by Gasteiger charge is 2.34. The van der Waals surface area contributed by atoms with Crippen LogP contribution in [0.5, 0.6) is 0 Å². The van der Waals surface area contributed by atoms with Gasteiger partial charge in [0.2, 0.25) is 0 Å². The van der Waals surface area contributed by atoms with Crippen LogP contribution in [0.15, 0.2) is 121 Å². The fourth-order valence-corrected chi connectivity index (χ4v) is 15.1. The molecule has 66 heavy (non-hydrogen) atoms. The van der Waals surface area contributed by atoms with Crippen molar-refractivity contribution < 1.29 is 0 Å². The minimum atomic E-state index is 1.11. The molecule has 0 bridgehead atoms. The van der Waals surface area contributed by atoms with Gasteiger partial charge in [-0.05, 0) is 270 Å². The number of hydrogen-bond acceptors (Lipinski definition) is 0. The van der Waals surface area contributed by atoms with Gasteiger partial charge in [0, 0.05) is 0 Å². The molecule has 8 aromatic rings. The van der Waals surface area contributed by atoms with Crippen molar-refractivity contribution in [1.29, 1.82) is 0 Å². The van der Waals surface area contributed by atoms with Gasteiger partial charge in [-0.25, -0.2) is 0 Å². The molecule has 0 fully saturated rings. The van der Waals surface area contributed by atoms with Gasteiger partial charge in [0.15, 0.2) is 0 Å². The molecule has 0 spiro atoms. The van der Waals surface area contributed by atoms with E-state index in [0.717, 1.165) is 103 Å². The normalized spacial score (nSPS) is 16.4. The lowest BCUT2D eigenvalue weighted by Crippen LogP contribution is -2.17. The van der Waals surface area contributed by atoms with Gasteiger partial charge >= 0.3 is 0 Å². The predicted octanol–water partition coefficient (Wildman–Crippen LogP) is 14.2. The zero-order valence-electron chi connectivity index (χ0n) is 37.9. The second-order valence-corrected chi connectivity index (χ2v) is 21.2. The molecular formula is C66H52. The first-order valence-electron chi connectivity index (χ1n) is 25.5. The van der Waals surface area contributed by atoms with Crippen molar-refractivity contribution >= 4 is 11.1 Å². The highest BCUT2D eigenvalue weighted by molar-refractivity contribution is 6.07. The van der Waals surface area contributed by atoms with Crippen LogP contribution in [0.1, 0.15) is 111 Å². The molecule has 0 atom stereocenters. The van der Waals surface area contributed by atoms with E-state index in [2.05, 4.69) is 121 Å². The third kappa shape index (κ3) is 5.11. The predicted molar refractivity (Wildman–Crippen MR) is 272 cm³/mol. The van der Waals surface area contributed by atoms with E-state index in [1.54, 1.807) is 134 Å². The minimum Gasteiger partial charge on any atom is -0.0617 e. The zero-order chi connectivity index (χ0) is 42.8. The monoisotopic (exact) mass is 844 g/mol. The molecular weight excluding hydrogens is 793 g/mol. The summed E-state index contributed by atoms with van der Waals surface area (Å²) in [4.78, 5) is 0. The first-order valence-corrected chi connectivity index (χ1v) is 25.5. The van der Waals surface area contributed by atoms with Crippen LogP contribution in [0.2, 0.25) is 0 Å². The molecule has 16 rings (SSSR count). The molecule has 0 saturated carbocycles. The summed E-state index contributed by atoms with van der Waals surface area (Å²) in [5, 5.41) is 0. The molecule has 8 aliphatic carbocycles. The Morgan fingerprint density at radius 1 is 0.182 bits per heavy atom. The van der Waals surface area contributed by atoms with Crippen LogP contribution in [-0.4, -0.2) is 0 Å². The molecule has 0 nitrogen and oxygen atoms in total. The van der Waals surface area contributed by atoms with Gasteiger partial charge in [0.25, 0.3) is 0 Å². The molecule has 0 aliphatic heterocycles. The van der Waals surface area contributed by atoms with E-state index >= 15 is 0 Å². The van der Waals surface area contributed by atoms with Crippen molar-refractivity contribution in [2.75, 3.05) is 0 Å². The molecule has 0 N–H and O–H groups in total. The summed E-state index contributed by atoms with van der Waals surface area (Å²) in [6.45, 7) is 0. The summed E-state index contributed by atoms with van der Waals surface area (Å²) in [7, 11) is 0. The Balaban J connectivity index is 1.02. The third-order valence-electron chi connectivity index (χ3n) is 17.9. The van der Waals surface area contributed by atoms with E-state index < -0.39 is 0 Å². The Hall–Kier alpha value is -6.50. The molecule has 0 radical (unpaired) electrons. The van der Waals surface area contributed by atoms with Gasteiger partial charge < -0.3 is 0 Å². The van der Waals surface area contributed by atoms with E-state index in [4.69, 9.17) is 0 Å². The lowest BCUT2D eigenvalue weighted by Gasteiger charge is -2.33. The van der Waals surface area contributed by atoms with Gasteiger partial charge in [-0.15, -0.1) is 0 Å². The van der Waals surface area contributed by atoms with Crippen LogP contribution in [0.25, 0.3) is 55.7 Å². The summed E-state index contributed by atoms with van der Waals surface area (Å²) >= 11 is 0. The van der Waals surface area contributed by atoms with Crippen molar-refractivity contribution in [3.05, 3.63) is 233 Å². The van der Waals surface area contributed by atoms with Crippen LogP contribution in [-0.2, 0) is 103 Å². The molecule has 0 heteroatoms. The van der Waals surface area contributed by atoms with Crippen LogP contribution in [0.3, 0.4) is 0 Å². The standard InChI is InChI=1S/C66H52/c1-5-37-13-21-45-29-53(30-46-22-14-38(6-1)57(37)61(45)46)65(54-31-47-23-15-39-7-2-8-40-16-24-48(32-54)62(47)58(39)40)66(55-33-49-25-17-41-9-3-10-42-18-26-50(34-55)63(49)59(41)42)56-35-51-27-19-43-11-4-12-44-20-28-52(36-56)64(51)60(43)44/h1-12,29-36H,13-28H2. The van der Waals surface area contributed by atoms with Crippen LogP contribution in [0, 0.1) is 0 Å². The van der Waals surface area contributed by atoms with E-state index in [1.165, 1.54) is 33.4 Å². The molecule has 8 aliphatic rings. The number of rotatable bonds is 4. The largest absolute Gasteiger partial charge is 0.0617 e. The van der Waals surface area contributed by atoms with E-state index in [0.29, 0.717) is 0 Å². The SMILES string of the molecule is c1cc2c3c(c1)CCc1cc(C(=C(c4cc5c6c(c4)CCc4cccc(c4-6)CC5)c4cc5c6c(c4)CCc4cccc(c4-6)CC5)c4cc5c6c(c4)CCc4cccc(c4-6)CC5)cc(c1-3)CC2. The molecule has 8 aromatic carbocycles. The van der Waals surface area contributed by atoms with Crippen LogP contribution < -0.4 is 0 Å². The van der Waals surface area contributed by atoms with Gasteiger partial charge in [0.05, 0.1) is 0 Å². The summed E-state index contributed by atoms with van der Waals surface area (Å²) in [6.07, 6.45) is 17.9. The quantitative estimate of drug-likeness (QED) is 0.155. The minimum absolute atomic E-state index is 1.11. The summed E-state index contributed by atoms with van der Waals surface area (Å²) < 4.78 is 0. The second-order valence-electron chi connectivity index (χ2n) is 21.2. The Morgan fingerprint density at radius 2 is 0.318 bits per heavy atom. The van der Waals surface area contributed by atoms with E-state index in [1.807, 2.05) is 0 Å². The Kier molecular flexibility index (Phi) is 7.53. The number of aryl methyl sites for hydroxylation is 16. The summed E-state index contributed by atoms with van der Waals surface area (Å²) in [5.41, 5.74) is 46.1. The molecule has 316 valence electrons.